The van der Waals surface area contributed by atoms with Crippen LogP contribution in [0.1, 0.15) is 12.7 Å². The molecule has 2 aliphatic rings. The molecule has 1 aromatic rings. The molecule has 36 heavy (non-hydrogen) atoms. The van der Waals surface area contributed by atoms with Gasteiger partial charge in [-0.05, 0) is 18.6 Å². The summed E-state index contributed by atoms with van der Waals surface area (Å²) in [6, 6.07) is -0.976. The first kappa shape index (κ1) is 27.1. The molecule has 6 N–H and O–H groups in total. The lowest BCUT2D eigenvalue weighted by atomic mass is 10.0. The number of thioether (sulfide) groups is 1. The van der Waals surface area contributed by atoms with Crippen molar-refractivity contribution in [1.29, 1.82) is 0 Å². The Balaban J connectivity index is 1.76. The lowest BCUT2D eigenvalue weighted by molar-refractivity contribution is -0.894. The van der Waals surface area contributed by atoms with E-state index in [1.165, 1.54) is 18.9 Å². The van der Waals surface area contributed by atoms with Crippen molar-refractivity contribution >= 4 is 57.8 Å². The van der Waals surface area contributed by atoms with Gasteiger partial charge in [0.05, 0.1) is 20.1 Å². The number of nitrogen functional groups attached to an aromatic ring is 1. The number of fused-ring (bicyclic) bond motifs is 1. The van der Waals surface area contributed by atoms with Crippen LogP contribution in [0.15, 0.2) is 28.6 Å². The van der Waals surface area contributed by atoms with Crippen LogP contribution in [-0.2, 0) is 24.0 Å². The first-order valence-electron chi connectivity index (χ1n) is 10.7. The molecule has 1 saturated heterocycles. The number of nitrogens with two attached hydrogens (primary N) is 2. The second-order valence-electron chi connectivity index (χ2n) is 8.26. The standard InChI is InChI=1S/C20H26N8O6S2/c1-4-28(2,8-11(21)29)7-5-6-10-9-35-18-13(17(31)27(18)14(10)19(32)33)23-16(30)12(25-34-3)15-24-20(22)36-26-15/h5-6,13,18H,4,7-9H2,1-3H3,(H5-,21,22,23,24,26,29,30,32,33)/p+1/b6-5+,25-12-/t13-,18-,28?/m1/s1. The van der Waals surface area contributed by atoms with Crippen molar-refractivity contribution in [2.75, 3.05) is 45.3 Å². The van der Waals surface area contributed by atoms with Crippen LogP contribution < -0.4 is 16.8 Å². The minimum Gasteiger partial charge on any atom is -0.477 e. The fourth-order valence-corrected chi connectivity index (χ4v) is 5.47. The van der Waals surface area contributed by atoms with E-state index in [9.17, 15) is 24.3 Å². The number of nitrogens with one attached hydrogen (secondary N) is 1. The summed E-state index contributed by atoms with van der Waals surface area (Å²) in [6.45, 7) is 3.17. The third kappa shape index (κ3) is 5.66. The first-order valence-corrected chi connectivity index (χ1v) is 12.5. The number of nitrogens with zero attached hydrogens (tertiary/aromatic N) is 5. The summed E-state index contributed by atoms with van der Waals surface area (Å²) in [7, 11) is 3.11. The van der Waals surface area contributed by atoms with Crippen LogP contribution in [0.3, 0.4) is 0 Å². The minimum atomic E-state index is -1.26. The van der Waals surface area contributed by atoms with Gasteiger partial charge in [-0.3, -0.25) is 19.3 Å². The largest absolute Gasteiger partial charge is 0.477 e. The van der Waals surface area contributed by atoms with Crippen LogP contribution in [-0.4, -0.2) is 104 Å². The Bertz CT molecular complexity index is 1160. The highest BCUT2D eigenvalue weighted by Crippen LogP contribution is 2.40. The summed E-state index contributed by atoms with van der Waals surface area (Å²) in [5, 5.41) is 15.5. The summed E-state index contributed by atoms with van der Waals surface area (Å²) >= 11 is 2.18. The zero-order chi connectivity index (χ0) is 26.6. The number of amides is 3. The van der Waals surface area contributed by atoms with Gasteiger partial charge in [0, 0.05) is 17.3 Å². The SMILES string of the molecule is CC[N+](C)(C/C=C/C1=C(C(=O)O)N2C(=O)[C@@H](NC(=O)/C(=N\OC)c3nsc(N)n3)[C@H]2SC1)CC(N)=O. The molecule has 14 nitrogen and oxygen atoms in total. The summed E-state index contributed by atoms with van der Waals surface area (Å²) in [5.41, 5.74) is 10.9. The second kappa shape index (κ2) is 11.0. The van der Waals surface area contributed by atoms with E-state index in [0.29, 0.717) is 28.9 Å². The number of allylic oxidation sites excluding steroid dienone is 1. The Labute approximate surface area is 214 Å². The first-order chi connectivity index (χ1) is 17.0. The van der Waals surface area contributed by atoms with E-state index in [1.807, 2.05) is 14.0 Å². The molecule has 3 rings (SSSR count). The molecule has 0 bridgehead atoms. The molecule has 0 aromatic carbocycles. The summed E-state index contributed by atoms with van der Waals surface area (Å²) < 4.78 is 4.29. The van der Waals surface area contributed by atoms with Crippen molar-refractivity contribution in [2.24, 2.45) is 10.9 Å². The van der Waals surface area contributed by atoms with Gasteiger partial charge in [-0.15, -0.1) is 11.8 Å². The van der Waals surface area contributed by atoms with E-state index in [2.05, 4.69) is 19.8 Å². The Kier molecular flexibility index (Phi) is 8.31. The van der Waals surface area contributed by atoms with Crippen LogP contribution in [0.4, 0.5) is 5.13 Å². The number of oxime groups is 1. The van der Waals surface area contributed by atoms with Gasteiger partial charge in [0.15, 0.2) is 11.7 Å². The van der Waals surface area contributed by atoms with Gasteiger partial charge in [0.1, 0.15) is 24.2 Å². The van der Waals surface area contributed by atoms with Crippen molar-refractivity contribution in [3.05, 3.63) is 29.2 Å². The van der Waals surface area contributed by atoms with Crippen LogP contribution in [0.2, 0.25) is 0 Å². The Morgan fingerprint density at radius 2 is 2.14 bits per heavy atom. The van der Waals surface area contributed by atoms with E-state index >= 15 is 0 Å². The summed E-state index contributed by atoms with van der Waals surface area (Å²) in [4.78, 5) is 58.9. The molecule has 0 spiro atoms. The molecule has 1 unspecified atom stereocenters. The molecule has 0 saturated carbocycles. The van der Waals surface area contributed by atoms with E-state index < -0.39 is 35.1 Å². The van der Waals surface area contributed by atoms with Gasteiger partial charge in [0.25, 0.3) is 17.7 Å². The van der Waals surface area contributed by atoms with Crippen molar-refractivity contribution in [3.63, 3.8) is 0 Å². The number of likely N-dealkylation sites (N-methyl/N-ethyl adjacent to an activating group) is 1. The number of anilines is 1. The number of carbonyl (C=O) groups is 4. The van der Waals surface area contributed by atoms with Crippen LogP contribution in [0, 0.1) is 0 Å². The molecule has 1 aromatic heterocycles. The quantitative estimate of drug-likeness (QED) is 0.113. The highest BCUT2D eigenvalue weighted by atomic mass is 32.2. The van der Waals surface area contributed by atoms with Gasteiger partial charge in [-0.1, -0.05) is 11.2 Å². The molecular formula is C20H27N8O6S2+. The molecular weight excluding hydrogens is 512 g/mol. The highest BCUT2D eigenvalue weighted by Gasteiger charge is 2.54. The predicted molar refractivity (Wildman–Crippen MR) is 132 cm³/mol. The summed E-state index contributed by atoms with van der Waals surface area (Å²) in [6.07, 6.45) is 3.43. The normalized spacial score (nSPS) is 21.6. The number of primary amides is 1. The third-order valence-electron chi connectivity index (χ3n) is 5.70. The molecule has 3 amide bonds. The van der Waals surface area contributed by atoms with Gasteiger partial charge >= 0.3 is 5.97 Å². The smallest absolute Gasteiger partial charge is 0.352 e. The van der Waals surface area contributed by atoms with Gasteiger partial charge in [-0.25, -0.2) is 4.79 Å². The van der Waals surface area contributed by atoms with Crippen molar-refractivity contribution in [1.82, 2.24) is 19.6 Å². The molecule has 3 atom stereocenters. The number of hydrogen-bond acceptors (Lipinski definition) is 11. The molecule has 0 aliphatic carbocycles. The maximum Gasteiger partial charge on any atom is 0.352 e. The summed E-state index contributed by atoms with van der Waals surface area (Å²) in [5.74, 6) is -2.77. The molecule has 16 heteroatoms. The maximum atomic E-state index is 12.9. The van der Waals surface area contributed by atoms with Crippen molar-refractivity contribution in [2.45, 2.75) is 18.3 Å². The number of aromatic nitrogens is 2. The number of carbonyl (C=O) groups excluding carboxylic acids is 3. The lowest BCUT2D eigenvalue weighted by Gasteiger charge is -2.49. The molecule has 1 fully saturated rings. The fraction of sp³-hybridized carbons (Fsp3) is 0.450. The molecule has 3 heterocycles. The number of β-lactam (4-membered cyclic amide) rings is 1. The molecule has 2 aliphatic heterocycles. The van der Waals surface area contributed by atoms with Crippen LogP contribution in [0.25, 0.3) is 0 Å². The monoisotopic (exact) mass is 539 g/mol. The number of carboxylic acid groups (broad SMARTS) is 1. The fourth-order valence-electron chi connectivity index (χ4n) is 3.72. The number of aliphatic carboxylic acids is 1. The lowest BCUT2D eigenvalue weighted by Crippen LogP contribution is -2.71. The predicted octanol–water partition coefficient (Wildman–Crippen LogP) is -1.28. The Morgan fingerprint density at radius 1 is 1.42 bits per heavy atom. The highest BCUT2D eigenvalue weighted by molar-refractivity contribution is 8.00. The Hall–Kier alpha value is -3.50. The molecule has 194 valence electrons. The zero-order valence-corrected chi connectivity index (χ0v) is 21.5. The van der Waals surface area contributed by atoms with Crippen LogP contribution >= 0.6 is 23.3 Å². The van der Waals surface area contributed by atoms with Crippen molar-refractivity contribution < 1.29 is 33.6 Å². The van der Waals surface area contributed by atoms with Gasteiger partial charge < -0.3 is 31.2 Å². The average Bonchev–Trinajstić information content (AvgIpc) is 3.25. The zero-order valence-electron chi connectivity index (χ0n) is 19.8. The number of quaternary nitrogens is 1. The van der Waals surface area contributed by atoms with E-state index in [0.717, 1.165) is 16.4 Å². The maximum absolute atomic E-state index is 12.9. The van der Waals surface area contributed by atoms with E-state index in [-0.39, 0.29) is 28.9 Å². The topological polar surface area (TPSA) is 203 Å². The number of carboxylic acids is 1. The van der Waals surface area contributed by atoms with Crippen molar-refractivity contribution in [3.8, 4) is 0 Å². The minimum absolute atomic E-state index is 0.0517. The second-order valence-corrected chi connectivity index (χ2v) is 10.2. The van der Waals surface area contributed by atoms with E-state index in [4.69, 9.17) is 16.3 Å². The third-order valence-corrected chi connectivity index (χ3v) is 7.55. The van der Waals surface area contributed by atoms with E-state index in [1.54, 1.807) is 12.2 Å². The van der Waals surface area contributed by atoms with Gasteiger partial charge in [0.2, 0.25) is 11.5 Å². The molecule has 0 radical (unpaired) electrons. The number of rotatable bonds is 11. The average molecular weight is 540 g/mol. The van der Waals surface area contributed by atoms with Crippen LogP contribution in [0.5, 0.6) is 0 Å². The Morgan fingerprint density at radius 3 is 2.69 bits per heavy atom. The number of hydrogen-bond donors (Lipinski definition) is 4. The van der Waals surface area contributed by atoms with Gasteiger partial charge in [-0.2, -0.15) is 9.36 Å².